The van der Waals surface area contributed by atoms with Crippen LogP contribution in [0, 0.1) is 0 Å². The van der Waals surface area contributed by atoms with E-state index in [1.807, 2.05) is 0 Å². The maximum Gasteiger partial charge on any atom is 0.335 e. The Morgan fingerprint density at radius 1 is 1.16 bits per heavy atom. The highest BCUT2D eigenvalue weighted by Crippen LogP contribution is 2.37. The number of nitrogens with two attached hydrogens (primary N) is 1. The standard InChI is InChI=1S/C21H17Cl2N3O6/c1-2-31-16-8-11(7-15(23)18(16)32-10-17(24)27)6-14-19(28)25-21(30)26(20(14)29)13-5-3-4-12(22)9-13/h3-9H,2,10H2,1H3,(H2,24,27)(H,25,28,30)/b14-6+. The molecule has 1 saturated heterocycles. The Kier molecular flexibility index (Phi) is 7.01. The van der Waals surface area contributed by atoms with E-state index in [1.165, 1.54) is 30.3 Å². The monoisotopic (exact) mass is 477 g/mol. The molecule has 3 rings (SSSR count). The minimum absolute atomic E-state index is 0.0653. The summed E-state index contributed by atoms with van der Waals surface area (Å²) in [4.78, 5) is 49.5. The van der Waals surface area contributed by atoms with Crippen molar-refractivity contribution in [1.29, 1.82) is 0 Å². The largest absolute Gasteiger partial charge is 0.490 e. The summed E-state index contributed by atoms with van der Waals surface area (Å²) in [6, 6.07) is 8.05. The van der Waals surface area contributed by atoms with Crippen molar-refractivity contribution < 1.29 is 28.7 Å². The van der Waals surface area contributed by atoms with Gasteiger partial charge >= 0.3 is 6.03 Å². The van der Waals surface area contributed by atoms with Gasteiger partial charge in [-0.25, -0.2) is 9.69 Å². The first-order chi connectivity index (χ1) is 15.2. The fraction of sp³-hybridized carbons (Fsp3) is 0.143. The second kappa shape index (κ2) is 9.71. The Balaban J connectivity index is 2.01. The van der Waals surface area contributed by atoms with Crippen LogP contribution >= 0.6 is 23.2 Å². The van der Waals surface area contributed by atoms with Crippen molar-refractivity contribution in [1.82, 2.24) is 5.32 Å². The topological polar surface area (TPSA) is 128 Å². The van der Waals surface area contributed by atoms with Gasteiger partial charge in [0, 0.05) is 5.02 Å². The van der Waals surface area contributed by atoms with E-state index in [9.17, 15) is 19.2 Å². The van der Waals surface area contributed by atoms with Gasteiger partial charge in [-0.15, -0.1) is 0 Å². The van der Waals surface area contributed by atoms with Gasteiger partial charge in [0.15, 0.2) is 18.1 Å². The average Bonchev–Trinajstić information content (AvgIpc) is 2.70. The third kappa shape index (κ3) is 5.01. The molecule has 0 aliphatic carbocycles. The molecule has 0 spiro atoms. The van der Waals surface area contributed by atoms with Gasteiger partial charge in [-0.05, 0) is 48.9 Å². The molecule has 166 valence electrons. The number of ether oxygens (including phenoxy) is 2. The lowest BCUT2D eigenvalue weighted by Gasteiger charge is -2.26. The summed E-state index contributed by atoms with van der Waals surface area (Å²) in [5, 5.41) is 2.50. The maximum absolute atomic E-state index is 13.0. The third-order valence-corrected chi connectivity index (χ3v) is 4.69. The van der Waals surface area contributed by atoms with Crippen molar-refractivity contribution in [3.63, 3.8) is 0 Å². The highest BCUT2D eigenvalue weighted by atomic mass is 35.5. The minimum Gasteiger partial charge on any atom is -0.490 e. The van der Waals surface area contributed by atoms with Crippen molar-refractivity contribution in [3.8, 4) is 11.5 Å². The van der Waals surface area contributed by atoms with E-state index in [0.717, 1.165) is 4.90 Å². The fourth-order valence-electron chi connectivity index (χ4n) is 2.89. The highest BCUT2D eigenvalue weighted by Gasteiger charge is 2.37. The van der Waals surface area contributed by atoms with E-state index in [4.69, 9.17) is 38.4 Å². The number of primary amides is 1. The van der Waals surface area contributed by atoms with Gasteiger partial charge in [-0.1, -0.05) is 29.3 Å². The van der Waals surface area contributed by atoms with Gasteiger partial charge in [-0.3, -0.25) is 19.7 Å². The van der Waals surface area contributed by atoms with Crippen LogP contribution in [0.1, 0.15) is 12.5 Å². The molecule has 2 aromatic rings. The molecule has 0 atom stereocenters. The van der Waals surface area contributed by atoms with Crippen LogP contribution < -0.4 is 25.4 Å². The van der Waals surface area contributed by atoms with Crippen LogP contribution in [-0.2, 0) is 14.4 Å². The van der Waals surface area contributed by atoms with Crippen molar-refractivity contribution in [2.75, 3.05) is 18.1 Å². The number of imide groups is 2. The van der Waals surface area contributed by atoms with E-state index < -0.39 is 30.4 Å². The highest BCUT2D eigenvalue weighted by molar-refractivity contribution is 6.39. The van der Waals surface area contributed by atoms with E-state index in [1.54, 1.807) is 19.1 Å². The number of rotatable bonds is 7. The summed E-state index contributed by atoms with van der Waals surface area (Å²) in [5.74, 6) is -2.15. The number of carbonyl (C=O) groups is 4. The lowest BCUT2D eigenvalue weighted by Crippen LogP contribution is -2.54. The second-order valence-corrected chi connectivity index (χ2v) is 7.30. The van der Waals surface area contributed by atoms with Crippen LogP contribution in [0.15, 0.2) is 42.0 Å². The number of amides is 5. The molecule has 0 saturated carbocycles. The molecule has 0 unspecified atom stereocenters. The summed E-state index contributed by atoms with van der Waals surface area (Å²) in [7, 11) is 0. The number of nitrogens with zero attached hydrogens (tertiary/aromatic N) is 1. The first-order valence-electron chi connectivity index (χ1n) is 9.25. The molecule has 32 heavy (non-hydrogen) atoms. The molecule has 11 heteroatoms. The number of benzene rings is 2. The van der Waals surface area contributed by atoms with E-state index >= 15 is 0 Å². The molecule has 2 aromatic carbocycles. The molecule has 9 nitrogen and oxygen atoms in total. The van der Waals surface area contributed by atoms with Crippen LogP contribution in [0.25, 0.3) is 6.08 Å². The van der Waals surface area contributed by atoms with Gasteiger partial charge in [-0.2, -0.15) is 0 Å². The van der Waals surface area contributed by atoms with Crippen LogP contribution in [0.3, 0.4) is 0 Å². The zero-order chi connectivity index (χ0) is 23.4. The molecule has 1 aliphatic heterocycles. The Morgan fingerprint density at radius 2 is 1.91 bits per heavy atom. The number of carbonyl (C=O) groups excluding carboxylic acids is 4. The van der Waals surface area contributed by atoms with Crippen LogP contribution in [0.4, 0.5) is 10.5 Å². The summed E-state index contributed by atoms with van der Waals surface area (Å²) in [5.41, 5.74) is 5.31. The summed E-state index contributed by atoms with van der Waals surface area (Å²) in [6.07, 6.45) is 1.26. The molecule has 1 fully saturated rings. The predicted octanol–water partition coefficient (Wildman–Crippen LogP) is 2.92. The zero-order valence-electron chi connectivity index (χ0n) is 16.7. The molecule has 1 aliphatic rings. The van der Waals surface area contributed by atoms with E-state index in [0.29, 0.717) is 10.6 Å². The van der Waals surface area contributed by atoms with Crippen LogP contribution in [0.5, 0.6) is 11.5 Å². The van der Waals surface area contributed by atoms with Gasteiger partial charge in [0.05, 0.1) is 17.3 Å². The van der Waals surface area contributed by atoms with Gasteiger partial charge < -0.3 is 15.2 Å². The van der Waals surface area contributed by atoms with Crippen LogP contribution in [-0.4, -0.2) is 37.0 Å². The summed E-state index contributed by atoms with van der Waals surface area (Å²) in [6.45, 7) is 1.56. The van der Waals surface area contributed by atoms with Crippen LogP contribution in [0.2, 0.25) is 10.0 Å². The van der Waals surface area contributed by atoms with Crippen molar-refractivity contribution in [2.45, 2.75) is 6.92 Å². The Bertz CT molecular complexity index is 1150. The van der Waals surface area contributed by atoms with E-state index in [-0.39, 0.29) is 34.4 Å². The molecule has 0 radical (unpaired) electrons. The van der Waals surface area contributed by atoms with Crippen molar-refractivity contribution in [3.05, 3.63) is 57.6 Å². The second-order valence-electron chi connectivity index (χ2n) is 6.46. The van der Waals surface area contributed by atoms with Gasteiger partial charge in [0.2, 0.25) is 0 Å². The van der Waals surface area contributed by atoms with Crippen molar-refractivity contribution >= 4 is 58.7 Å². The first kappa shape index (κ1) is 23.1. The first-order valence-corrected chi connectivity index (χ1v) is 10.0. The molecule has 5 amide bonds. The molecule has 0 bridgehead atoms. The molecular formula is C21H17Cl2N3O6. The number of urea groups is 1. The van der Waals surface area contributed by atoms with Gasteiger partial charge in [0.25, 0.3) is 17.7 Å². The number of barbiturate groups is 1. The SMILES string of the molecule is CCOc1cc(/C=C2\C(=O)NC(=O)N(c3cccc(Cl)c3)C2=O)cc(Cl)c1OCC(N)=O. The predicted molar refractivity (Wildman–Crippen MR) is 118 cm³/mol. The number of halogens is 2. The third-order valence-electron chi connectivity index (χ3n) is 4.17. The molecule has 3 N–H and O–H groups in total. The number of hydrogen-bond acceptors (Lipinski definition) is 6. The lowest BCUT2D eigenvalue weighted by molar-refractivity contribution is -0.123. The minimum atomic E-state index is -0.900. The molecule has 0 aromatic heterocycles. The van der Waals surface area contributed by atoms with Crippen molar-refractivity contribution in [2.24, 2.45) is 5.73 Å². The summed E-state index contributed by atoms with van der Waals surface area (Å²) < 4.78 is 10.8. The smallest absolute Gasteiger partial charge is 0.335 e. The Labute approximate surface area is 192 Å². The number of anilines is 1. The zero-order valence-corrected chi connectivity index (χ0v) is 18.2. The average molecular weight is 478 g/mol. The quantitative estimate of drug-likeness (QED) is 0.465. The molecule has 1 heterocycles. The molecular weight excluding hydrogens is 461 g/mol. The fourth-order valence-corrected chi connectivity index (χ4v) is 3.35. The Morgan fingerprint density at radius 3 is 2.56 bits per heavy atom. The number of hydrogen-bond donors (Lipinski definition) is 2. The Hall–Kier alpha value is -3.56. The van der Waals surface area contributed by atoms with E-state index in [2.05, 4.69) is 5.32 Å². The summed E-state index contributed by atoms with van der Waals surface area (Å²) >= 11 is 12.2. The van der Waals surface area contributed by atoms with Gasteiger partial charge in [0.1, 0.15) is 5.57 Å². The number of nitrogens with one attached hydrogen (secondary N) is 1. The maximum atomic E-state index is 13.0. The lowest BCUT2D eigenvalue weighted by atomic mass is 10.1. The normalized spacial score (nSPS) is 15.0.